The second kappa shape index (κ2) is 6.71. The number of fused-ring (bicyclic) bond motifs is 1. The zero-order valence-corrected chi connectivity index (χ0v) is 13.0. The summed E-state index contributed by atoms with van der Waals surface area (Å²) in [4.78, 5) is 0. The topological polar surface area (TPSA) is 42.5 Å². The summed E-state index contributed by atoms with van der Waals surface area (Å²) in [6.45, 7) is 3.76. The highest BCUT2D eigenvalue weighted by Gasteiger charge is 2.19. The van der Waals surface area contributed by atoms with Crippen molar-refractivity contribution in [3.63, 3.8) is 0 Å². The SMILES string of the molecule is COc1cccc([C@@H](C)NCC2CNc3ccccc3O2)c1. The first-order valence-corrected chi connectivity index (χ1v) is 7.63. The Morgan fingerprint density at radius 1 is 1.27 bits per heavy atom. The van der Waals surface area contributed by atoms with E-state index >= 15 is 0 Å². The molecule has 0 amide bonds. The van der Waals surface area contributed by atoms with Crippen LogP contribution in [0.4, 0.5) is 5.69 Å². The van der Waals surface area contributed by atoms with Gasteiger partial charge < -0.3 is 20.1 Å². The summed E-state index contributed by atoms with van der Waals surface area (Å²) in [6, 6.07) is 16.4. The fraction of sp³-hybridized carbons (Fsp3) is 0.333. The number of nitrogens with one attached hydrogen (secondary N) is 2. The van der Waals surface area contributed by atoms with Crippen molar-refractivity contribution in [3.8, 4) is 11.5 Å². The van der Waals surface area contributed by atoms with E-state index in [9.17, 15) is 0 Å². The standard InChI is InChI=1S/C18H22N2O2/c1-13(14-6-5-7-15(10-14)21-2)19-11-16-12-20-17-8-3-4-9-18(17)22-16/h3-10,13,16,19-20H,11-12H2,1-2H3/t13-,16?/m1/s1. The number of rotatable bonds is 5. The van der Waals surface area contributed by atoms with Gasteiger partial charge in [0.05, 0.1) is 19.3 Å². The predicted octanol–water partition coefficient (Wildman–Crippen LogP) is 3.22. The van der Waals surface area contributed by atoms with Gasteiger partial charge in [-0.2, -0.15) is 0 Å². The van der Waals surface area contributed by atoms with Gasteiger partial charge in [-0.3, -0.25) is 0 Å². The molecule has 0 spiro atoms. The molecular formula is C18H22N2O2. The predicted molar refractivity (Wildman–Crippen MR) is 88.8 cm³/mol. The van der Waals surface area contributed by atoms with Crippen molar-refractivity contribution in [1.82, 2.24) is 5.32 Å². The Kier molecular flexibility index (Phi) is 4.49. The largest absolute Gasteiger partial charge is 0.497 e. The van der Waals surface area contributed by atoms with E-state index in [0.717, 1.165) is 30.3 Å². The van der Waals surface area contributed by atoms with E-state index in [0.29, 0.717) is 0 Å². The summed E-state index contributed by atoms with van der Waals surface area (Å²) in [6.07, 6.45) is 0.128. The monoisotopic (exact) mass is 298 g/mol. The van der Waals surface area contributed by atoms with Gasteiger partial charge in [-0.1, -0.05) is 24.3 Å². The fourth-order valence-corrected chi connectivity index (χ4v) is 2.61. The molecule has 1 unspecified atom stereocenters. The lowest BCUT2D eigenvalue weighted by Crippen LogP contribution is -2.40. The average Bonchev–Trinajstić information content (AvgIpc) is 2.59. The highest BCUT2D eigenvalue weighted by atomic mass is 16.5. The summed E-state index contributed by atoms with van der Waals surface area (Å²) in [5.41, 5.74) is 2.28. The number of benzene rings is 2. The highest BCUT2D eigenvalue weighted by Crippen LogP contribution is 2.28. The lowest BCUT2D eigenvalue weighted by molar-refractivity contribution is 0.198. The molecule has 1 heterocycles. The molecule has 22 heavy (non-hydrogen) atoms. The van der Waals surface area contributed by atoms with Crippen molar-refractivity contribution in [2.75, 3.05) is 25.5 Å². The Balaban J connectivity index is 1.56. The van der Waals surface area contributed by atoms with Gasteiger partial charge in [-0.25, -0.2) is 0 Å². The second-order valence-corrected chi connectivity index (χ2v) is 5.52. The maximum Gasteiger partial charge on any atom is 0.142 e. The Bertz CT molecular complexity index is 630. The first kappa shape index (κ1) is 14.7. The lowest BCUT2D eigenvalue weighted by atomic mass is 10.1. The molecule has 2 N–H and O–H groups in total. The molecule has 0 fully saturated rings. The number of hydrogen-bond donors (Lipinski definition) is 2. The molecule has 3 rings (SSSR count). The minimum Gasteiger partial charge on any atom is -0.497 e. The number of anilines is 1. The summed E-state index contributed by atoms with van der Waals surface area (Å²) in [5.74, 6) is 1.81. The van der Waals surface area contributed by atoms with Gasteiger partial charge in [0.1, 0.15) is 17.6 Å². The van der Waals surface area contributed by atoms with Crippen molar-refractivity contribution in [2.45, 2.75) is 19.1 Å². The molecule has 2 aromatic carbocycles. The van der Waals surface area contributed by atoms with Crippen molar-refractivity contribution in [2.24, 2.45) is 0 Å². The number of para-hydroxylation sites is 2. The van der Waals surface area contributed by atoms with Crippen LogP contribution in [0.2, 0.25) is 0 Å². The average molecular weight is 298 g/mol. The number of ether oxygens (including phenoxy) is 2. The van der Waals surface area contributed by atoms with Crippen molar-refractivity contribution in [1.29, 1.82) is 0 Å². The Morgan fingerprint density at radius 3 is 3.00 bits per heavy atom. The highest BCUT2D eigenvalue weighted by molar-refractivity contribution is 5.57. The smallest absolute Gasteiger partial charge is 0.142 e. The molecule has 0 saturated heterocycles. The van der Waals surface area contributed by atoms with Gasteiger partial charge in [0, 0.05) is 12.6 Å². The normalized spacial score (nSPS) is 17.8. The number of methoxy groups -OCH3 is 1. The van der Waals surface area contributed by atoms with E-state index < -0.39 is 0 Å². The van der Waals surface area contributed by atoms with Crippen LogP contribution in [0, 0.1) is 0 Å². The minimum atomic E-state index is 0.128. The Labute approximate surface area is 131 Å². The summed E-state index contributed by atoms with van der Waals surface area (Å²) in [5, 5.41) is 6.94. The van der Waals surface area contributed by atoms with Gasteiger partial charge in [-0.05, 0) is 36.8 Å². The molecule has 0 saturated carbocycles. The van der Waals surface area contributed by atoms with Gasteiger partial charge in [-0.15, -0.1) is 0 Å². The van der Waals surface area contributed by atoms with Crippen LogP contribution >= 0.6 is 0 Å². The van der Waals surface area contributed by atoms with E-state index in [1.807, 2.05) is 36.4 Å². The minimum absolute atomic E-state index is 0.128. The second-order valence-electron chi connectivity index (χ2n) is 5.52. The van der Waals surface area contributed by atoms with Crippen molar-refractivity contribution < 1.29 is 9.47 Å². The lowest BCUT2D eigenvalue weighted by Gasteiger charge is -2.28. The van der Waals surface area contributed by atoms with Crippen molar-refractivity contribution >= 4 is 5.69 Å². The van der Waals surface area contributed by atoms with Crippen LogP contribution in [-0.4, -0.2) is 26.3 Å². The Morgan fingerprint density at radius 2 is 2.14 bits per heavy atom. The van der Waals surface area contributed by atoms with Crippen LogP contribution < -0.4 is 20.1 Å². The fourth-order valence-electron chi connectivity index (χ4n) is 2.61. The Hall–Kier alpha value is -2.20. The van der Waals surface area contributed by atoms with Crippen LogP contribution in [0.1, 0.15) is 18.5 Å². The molecule has 4 nitrogen and oxygen atoms in total. The molecule has 2 aromatic rings. The van der Waals surface area contributed by atoms with Gasteiger partial charge in [0.15, 0.2) is 0 Å². The van der Waals surface area contributed by atoms with Crippen LogP contribution in [0.15, 0.2) is 48.5 Å². The quantitative estimate of drug-likeness (QED) is 0.889. The molecule has 1 aliphatic rings. The summed E-state index contributed by atoms with van der Waals surface area (Å²) in [7, 11) is 1.69. The molecule has 0 aromatic heterocycles. The third-order valence-corrected chi connectivity index (χ3v) is 3.95. The molecule has 0 radical (unpaired) electrons. The molecule has 116 valence electrons. The zero-order valence-electron chi connectivity index (χ0n) is 13.0. The van der Waals surface area contributed by atoms with E-state index in [4.69, 9.17) is 9.47 Å². The first-order valence-electron chi connectivity index (χ1n) is 7.63. The van der Waals surface area contributed by atoms with Crippen LogP contribution in [0.25, 0.3) is 0 Å². The maximum atomic E-state index is 6.01. The summed E-state index contributed by atoms with van der Waals surface area (Å²) < 4.78 is 11.3. The zero-order chi connectivity index (χ0) is 15.4. The number of hydrogen-bond acceptors (Lipinski definition) is 4. The third kappa shape index (κ3) is 3.34. The first-order chi connectivity index (χ1) is 10.8. The van der Waals surface area contributed by atoms with Crippen LogP contribution in [0.3, 0.4) is 0 Å². The molecule has 0 bridgehead atoms. The molecular weight excluding hydrogens is 276 g/mol. The van der Waals surface area contributed by atoms with Gasteiger partial charge in [0.2, 0.25) is 0 Å². The third-order valence-electron chi connectivity index (χ3n) is 3.95. The van der Waals surface area contributed by atoms with Crippen LogP contribution in [0.5, 0.6) is 11.5 Å². The van der Waals surface area contributed by atoms with E-state index in [1.54, 1.807) is 7.11 Å². The van der Waals surface area contributed by atoms with E-state index in [-0.39, 0.29) is 12.1 Å². The molecule has 2 atom stereocenters. The van der Waals surface area contributed by atoms with E-state index in [1.165, 1.54) is 5.56 Å². The van der Waals surface area contributed by atoms with Gasteiger partial charge in [0.25, 0.3) is 0 Å². The van der Waals surface area contributed by atoms with Crippen LogP contribution in [-0.2, 0) is 0 Å². The maximum absolute atomic E-state index is 6.01. The molecule has 1 aliphatic heterocycles. The van der Waals surface area contributed by atoms with E-state index in [2.05, 4.69) is 29.7 Å². The summed E-state index contributed by atoms with van der Waals surface area (Å²) >= 11 is 0. The molecule has 4 heteroatoms. The molecule has 0 aliphatic carbocycles. The van der Waals surface area contributed by atoms with Crippen molar-refractivity contribution in [3.05, 3.63) is 54.1 Å². The van der Waals surface area contributed by atoms with Gasteiger partial charge >= 0.3 is 0 Å².